The summed E-state index contributed by atoms with van der Waals surface area (Å²) in [7, 11) is 1.63. The normalized spacial score (nSPS) is 11.1. The number of benzene rings is 2. The monoisotopic (exact) mass is 430 g/mol. The zero-order chi connectivity index (χ0) is 21.2. The van der Waals surface area contributed by atoms with Crippen molar-refractivity contribution in [3.05, 3.63) is 72.6 Å². The summed E-state index contributed by atoms with van der Waals surface area (Å²) in [6.07, 6.45) is 3.46. The fourth-order valence-corrected chi connectivity index (χ4v) is 4.33. The Labute approximate surface area is 181 Å². The molecule has 154 valence electrons. The highest BCUT2D eigenvalue weighted by molar-refractivity contribution is 7.22. The average molecular weight is 430 g/mol. The number of amides is 1. The standard InChI is InChI=1S/C22H18N6O2S/c1-30-16-8-9-18-20(11-16)31-22(24-18)27(13-15-5-4-10-23-12-15)21(29)14-28-19-7-3-2-6-17(19)25-26-28/h2-12H,13-14H2,1H3. The number of thiazole rings is 1. The van der Waals surface area contributed by atoms with Gasteiger partial charge in [0.2, 0.25) is 0 Å². The van der Waals surface area contributed by atoms with Gasteiger partial charge >= 0.3 is 0 Å². The van der Waals surface area contributed by atoms with Gasteiger partial charge < -0.3 is 4.74 Å². The van der Waals surface area contributed by atoms with Gasteiger partial charge in [0.25, 0.3) is 5.91 Å². The molecule has 0 saturated heterocycles. The number of aromatic nitrogens is 5. The largest absolute Gasteiger partial charge is 0.497 e. The molecule has 0 spiro atoms. The van der Waals surface area contributed by atoms with Crippen molar-refractivity contribution >= 4 is 43.6 Å². The molecule has 0 aliphatic carbocycles. The topological polar surface area (TPSA) is 86.0 Å². The number of carbonyl (C=O) groups is 1. The zero-order valence-corrected chi connectivity index (χ0v) is 17.5. The van der Waals surface area contributed by atoms with Crippen LogP contribution in [0.1, 0.15) is 5.56 Å². The van der Waals surface area contributed by atoms with Crippen LogP contribution < -0.4 is 9.64 Å². The number of hydrogen-bond acceptors (Lipinski definition) is 7. The molecule has 0 unspecified atom stereocenters. The van der Waals surface area contributed by atoms with Crippen LogP contribution in [0.3, 0.4) is 0 Å². The van der Waals surface area contributed by atoms with E-state index in [1.807, 2.05) is 54.6 Å². The smallest absolute Gasteiger partial charge is 0.250 e. The third kappa shape index (κ3) is 3.82. The molecule has 0 fully saturated rings. The Bertz CT molecular complexity index is 1360. The quantitative estimate of drug-likeness (QED) is 0.409. The number of fused-ring (bicyclic) bond motifs is 2. The minimum atomic E-state index is -0.134. The molecule has 0 N–H and O–H groups in total. The summed E-state index contributed by atoms with van der Waals surface area (Å²) < 4.78 is 7.88. The molecule has 3 aromatic heterocycles. The van der Waals surface area contributed by atoms with E-state index in [-0.39, 0.29) is 12.5 Å². The second-order valence-corrected chi connectivity index (χ2v) is 7.92. The van der Waals surface area contributed by atoms with Crippen molar-refractivity contribution in [3.63, 3.8) is 0 Å². The molecule has 3 heterocycles. The number of pyridine rings is 1. The molecule has 5 rings (SSSR count). The van der Waals surface area contributed by atoms with Gasteiger partial charge in [-0.25, -0.2) is 9.67 Å². The highest BCUT2D eigenvalue weighted by Crippen LogP contribution is 2.32. The highest BCUT2D eigenvalue weighted by atomic mass is 32.1. The van der Waals surface area contributed by atoms with E-state index in [0.717, 1.165) is 32.6 Å². The third-order valence-corrected chi connectivity index (χ3v) is 5.93. The van der Waals surface area contributed by atoms with Gasteiger partial charge in [0.15, 0.2) is 5.13 Å². The molecular formula is C22H18N6O2S. The summed E-state index contributed by atoms with van der Waals surface area (Å²) in [6, 6.07) is 17.0. The van der Waals surface area contributed by atoms with Crippen molar-refractivity contribution in [2.24, 2.45) is 0 Å². The molecule has 2 aromatic carbocycles. The SMILES string of the molecule is COc1ccc2nc(N(Cc3cccnc3)C(=O)Cn3nnc4ccccc43)sc2c1. The van der Waals surface area contributed by atoms with Gasteiger partial charge in [-0.15, -0.1) is 5.10 Å². The molecule has 31 heavy (non-hydrogen) atoms. The molecule has 0 aliphatic rings. The van der Waals surface area contributed by atoms with Gasteiger partial charge in [0, 0.05) is 12.4 Å². The second-order valence-electron chi connectivity index (χ2n) is 6.91. The number of carbonyl (C=O) groups excluding carboxylic acids is 1. The Balaban J connectivity index is 1.51. The Morgan fingerprint density at radius 2 is 2.03 bits per heavy atom. The van der Waals surface area contributed by atoms with E-state index in [2.05, 4.69) is 15.3 Å². The van der Waals surface area contributed by atoms with Crippen LogP contribution in [-0.4, -0.2) is 38.0 Å². The summed E-state index contributed by atoms with van der Waals surface area (Å²) in [5.41, 5.74) is 3.29. The number of rotatable bonds is 6. The van der Waals surface area contributed by atoms with Crippen LogP contribution in [-0.2, 0) is 17.9 Å². The van der Waals surface area contributed by atoms with Gasteiger partial charge in [-0.05, 0) is 42.0 Å². The Morgan fingerprint density at radius 3 is 2.87 bits per heavy atom. The number of methoxy groups -OCH3 is 1. The molecular weight excluding hydrogens is 412 g/mol. The fourth-order valence-electron chi connectivity index (χ4n) is 3.32. The van der Waals surface area contributed by atoms with Crippen molar-refractivity contribution < 1.29 is 9.53 Å². The molecule has 0 saturated carbocycles. The first-order valence-electron chi connectivity index (χ1n) is 9.63. The lowest BCUT2D eigenvalue weighted by Gasteiger charge is -2.20. The first-order valence-corrected chi connectivity index (χ1v) is 10.4. The minimum Gasteiger partial charge on any atom is -0.497 e. The summed E-state index contributed by atoms with van der Waals surface area (Å²) in [5, 5.41) is 8.92. The van der Waals surface area contributed by atoms with Crippen LogP contribution in [0.5, 0.6) is 5.75 Å². The van der Waals surface area contributed by atoms with E-state index in [1.165, 1.54) is 11.3 Å². The van der Waals surface area contributed by atoms with Crippen molar-refractivity contribution in [1.29, 1.82) is 0 Å². The van der Waals surface area contributed by atoms with E-state index in [4.69, 9.17) is 9.72 Å². The number of anilines is 1. The highest BCUT2D eigenvalue weighted by Gasteiger charge is 2.22. The van der Waals surface area contributed by atoms with E-state index in [1.54, 1.807) is 29.1 Å². The Hall–Kier alpha value is -3.85. The van der Waals surface area contributed by atoms with E-state index in [9.17, 15) is 4.79 Å². The van der Waals surface area contributed by atoms with Gasteiger partial charge in [0.1, 0.15) is 17.8 Å². The summed E-state index contributed by atoms with van der Waals surface area (Å²) in [5.74, 6) is 0.618. The van der Waals surface area contributed by atoms with Crippen LogP contribution in [0.4, 0.5) is 5.13 Å². The van der Waals surface area contributed by atoms with Crippen LogP contribution in [0, 0.1) is 0 Å². The molecule has 0 atom stereocenters. The van der Waals surface area contributed by atoms with Crippen molar-refractivity contribution in [1.82, 2.24) is 25.0 Å². The molecule has 0 aliphatic heterocycles. The molecule has 8 nitrogen and oxygen atoms in total. The molecule has 0 radical (unpaired) electrons. The van der Waals surface area contributed by atoms with Crippen LogP contribution in [0.2, 0.25) is 0 Å². The maximum Gasteiger partial charge on any atom is 0.250 e. The van der Waals surface area contributed by atoms with Crippen molar-refractivity contribution in [2.75, 3.05) is 12.0 Å². The predicted molar refractivity (Wildman–Crippen MR) is 119 cm³/mol. The number of para-hydroxylation sites is 1. The number of nitrogens with zero attached hydrogens (tertiary/aromatic N) is 6. The molecule has 5 aromatic rings. The fraction of sp³-hybridized carbons (Fsp3) is 0.136. The summed E-state index contributed by atoms with van der Waals surface area (Å²) >= 11 is 1.45. The summed E-state index contributed by atoms with van der Waals surface area (Å²) in [4.78, 5) is 24.0. The molecule has 9 heteroatoms. The lowest BCUT2D eigenvalue weighted by atomic mass is 10.2. The van der Waals surface area contributed by atoms with Crippen LogP contribution in [0.15, 0.2) is 67.0 Å². The molecule has 0 bridgehead atoms. The predicted octanol–water partition coefficient (Wildman–Crippen LogP) is 3.68. The van der Waals surface area contributed by atoms with Crippen molar-refractivity contribution in [2.45, 2.75) is 13.1 Å². The van der Waals surface area contributed by atoms with Gasteiger partial charge in [-0.1, -0.05) is 34.7 Å². The van der Waals surface area contributed by atoms with E-state index < -0.39 is 0 Å². The maximum absolute atomic E-state index is 13.4. The van der Waals surface area contributed by atoms with Crippen LogP contribution in [0.25, 0.3) is 21.3 Å². The van der Waals surface area contributed by atoms with Gasteiger partial charge in [0.05, 0.1) is 29.4 Å². The van der Waals surface area contributed by atoms with Crippen molar-refractivity contribution in [3.8, 4) is 5.75 Å². The van der Waals surface area contributed by atoms with Gasteiger partial charge in [-0.2, -0.15) is 0 Å². The first kappa shape index (κ1) is 19.1. The molecule has 1 amide bonds. The maximum atomic E-state index is 13.4. The van der Waals surface area contributed by atoms with E-state index in [0.29, 0.717) is 11.7 Å². The van der Waals surface area contributed by atoms with E-state index >= 15 is 0 Å². The van der Waals surface area contributed by atoms with Crippen LogP contribution >= 0.6 is 11.3 Å². The first-order chi connectivity index (χ1) is 15.2. The second kappa shape index (κ2) is 8.11. The summed E-state index contributed by atoms with van der Waals surface area (Å²) in [6.45, 7) is 0.413. The Morgan fingerprint density at radius 1 is 1.13 bits per heavy atom. The lowest BCUT2D eigenvalue weighted by molar-refractivity contribution is -0.119. The zero-order valence-electron chi connectivity index (χ0n) is 16.7. The minimum absolute atomic E-state index is 0.0556. The Kier molecular flexibility index (Phi) is 5.01. The third-order valence-electron chi connectivity index (χ3n) is 4.89. The average Bonchev–Trinajstić information content (AvgIpc) is 3.41. The number of ether oxygens (including phenoxy) is 1. The number of hydrogen-bond donors (Lipinski definition) is 0. The lowest BCUT2D eigenvalue weighted by Crippen LogP contribution is -2.33. The van der Waals surface area contributed by atoms with Gasteiger partial charge in [-0.3, -0.25) is 14.7 Å².